The van der Waals surface area contributed by atoms with E-state index in [9.17, 15) is 17.6 Å². The molecule has 0 spiro atoms. The molecule has 0 aromatic heterocycles. The molecule has 2 atom stereocenters. The monoisotopic (exact) mass is 444 g/mol. The van der Waals surface area contributed by atoms with E-state index in [2.05, 4.69) is 5.32 Å². The van der Waals surface area contributed by atoms with E-state index in [-0.39, 0.29) is 34.6 Å². The number of carbonyl (C=O) groups is 1. The van der Waals surface area contributed by atoms with Gasteiger partial charge in [-0.2, -0.15) is 4.31 Å². The van der Waals surface area contributed by atoms with Gasteiger partial charge in [-0.1, -0.05) is 29.8 Å². The number of halogens is 1. The summed E-state index contributed by atoms with van der Waals surface area (Å²) in [5.74, 6) is -0.0508. The van der Waals surface area contributed by atoms with E-state index in [4.69, 9.17) is 0 Å². The van der Waals surface area contributed by atoms with Gasteiger partial charge in [0.2, 0.25) is 15.9 Å². The molecule has 1 aliphatic heterocycles. The predicted octanol–water partition coefficient (Wildman–Crippen LogP) is 4.33. The Morgan fingerprint density at radius 1 is 1.03 bits per heavy atom. The van der Waals surface area contributed by atoms with Crippen molar-refractivity contribution < 1.29 is 17.6 Å². The Kier molecular flexibility index (Phi) is 6.44. The van der Waals surface area contributed by atoms with Crippen LogP contribution < -0.4 is 5.32 Å². The van der Waals surface area contributed by atoms with Crippen LogP contribution in [0.4, 0.5) is 4.39 Å². The van der Waals surface area contributed by atoms with E-state index in [1.807, 2.05) is 6.92 Å². The highest BCUT2D eigenvalue weighted by Crippen LogP contribution is 2.42. The SMILES string of the molecule is Cc1ccc(S(=O)(=O)N2[C@H](CCCNC(=O)C3CC3)CC[C@@H]2c2ccc(F)cc2)cc1. The van der Waals surface area contributed by atoms with Crippen LogP contribution in [0.25, 0.3) is 0 Å². The summed E-state index contributed by atoms with van der Waals surface area (Å²) in [6, 6.07) is 12.6. The number of hydrogen-bond donors (Lipinski definition) is 1. The van der Waals surface area contributed by atoms with Crippen molar-refractivity contribution >= 4 is 15.9 Å². The molecule has 2 aliphatic rings. The lowest BCUT2D eigenvalue weighted by atomic mass is 10.0. The molecule has 0 bridgehead atoms. The largest absolute Gasteiger partial charge is 0.356 e. The molecule has 2 aromatic carbocycles. The maximum atomic E-state index is 13.6. The minimum Gasteiger partial charge on any atom is -0.356 e. The topological polar surface area (TPSA) is 66.5 Å². The summed E-state index contributed by atoms with van der Waals surface area (Å²) in [5, 5.41) is 2.96. The van der Waals surface area contributed by atoms with Gasteiger partial charge in [0, 0.05) is 18.5 Å². The van der Waals surface area contributed by atoms with Crippen molar-refractivity contribution in [2.45, 2.75) is 62.4 Å². The standard InChI is InChI=1S/C24H29FN2O3S/c1-17-4-13-22(14-5-17)31(29,30)27-21(3-2-16-26-24(28)19-6-7-19)12-15-23(27)18-8-10-20(25)11-9-18/h4-5,8-11,13-14,19,21,23H,2-3,6-7,12,15-16H2,1H3,(H,26,28)/t21-,23-/m1/s1. The van der Waals surface area contributed by atoms with Crippen LogP contribution >= 0.6 is 0 Å². The molecule has 7 heteroatoms. The quantitative estimate of drug-likeness (QED) is 0.616. The average molecular weight is 445 g/mol. The Morgan fingerprint density at radius 2 is 1.71 bits per heavy atom. The summed E-state index contributed by atoms with van der Waals surface area (Å²) in [5.41, 5.74) is 1.81. The number of amides is 1. The van der Waals surface area contributed by atoms with Crippen molar-refractivity contribution in [3.05, 3.63) is 65.5 Å². The van der Waals surface area contributed by atoms with Gasteiger partial charge in [-0.3, -0.25) is 4.79 Å². The first-order valence-electron chi connectivity index (χ1n) is 11.0. The van der Waals surface area contributed by atoms with Crippen LogP contribution in [-0.2, 0) is 14.8 Å². The van der Waals surface area contributed by atoms with Crippen LogP contribution in [0.5, 0.6) is 0 Å². The highest BCUT2D eigenvalue weighted by atomic mass is 32.2. The molecule has 0 unspecified atom stereocenters. The average Bonchev–Trinajstić information content (AvgIpc) is 3.51. The number of hydrogen-bond acceptors (Lipinski definition) is 3. The zero-order valence-corrected chi connectivity index (χ0v) is 18.6. The van der Waals surface area contributed by atoms with E-state index < -0.39 is 10.0 Å². The fraction of sp³-hybridized carbons (Fsp3) is 0.458. The first kappa shape index (κ1) is 22.0. The van der Waals surface area contributed by atoms with Crippen molar-refractivity contribution in [3.8, 4) is 0 Å². The van der Waals surface area contributed by atoms with E-state index in [1.54, 1.807) is 40.7 Å². The Hall–Kier alpha value is -2.25. The summed E-state index contributed by atoms with van der Waals surface area (Å²) in [7, 11) is -3.72. The van der Waals surface area contributed by atoms with Crippen LogP contribution in [0.1, 0.15) is 55.7 Å². The number of sulfonamides is 1. The number of nitrogens with one attached hydrogen (secondary N) is 1. The van der Waals surface area contributed by atoms with E-state index in [0.717, 1.165) is 36.8 Å². The predicted molar refractivity (Wildman–Crippen MR) is 117 cm³/mol. The summed E-state index contributed by atoms with van der Waals surface area (Å²) < 4.78 is 42.3. The molecule has 2 fully saturated rings. The van der Waals surface area contributed by atoms with Crippen LogP contribution in [0.15, 0.2) is 53.4 Å². The smallest absolute Gasteiger partial charge is 0.243 e. The third kappa shape index (κ3) is 4.99. The van der Waals surface area contributed by atoms with Gasteiger partial charge in [-0.25, -0.2) is 12.8 Å². The van der Waals surface area contributed by atoms with Crippen LogP contribution in [0.2, 0.25) is 0 Å². The van der Waals surface area contributed by atoms with Crippen molar-refractivity contribution in [2.75, 3.05) is 6.54 Å². The molecule has 0 radical (unpaired) electrons. The Bertz CT molecular complexity index is 1020. The number of carbonyl (C=O) groups excluding carboxylic acids is 1. The Morgan fingerprint density at radius 3 is 2.35 bits per heavy atom. The molecule has 5 nitrogen and oxygen atoms in total. The number of benzene rings is 2. The van der Waals surface area contributed by atoms with Gasteiger partial charge < -0.3 is 5.32 Å². The lowest BCUT2D eigenvalue weighted by Gasteiger charge is -2.30. The third-order valence-electron chi connectivity index (χ3n) is 6.25. The van der Waals surface area contributed by atoms with E-state index in [1.165, 1.54) is 12.1 Å². The van der Waals surface area contributed by atoms with Crippen LogP contribution in [0.3, 0.4) is 0 Å². The molecule has 2 aromatic rings. The fourth-order valence-corrected chi connectivity index (χ4v) is 6.25. The summed E-state index contributed by atoms with van der Waals surface area (Å²) in [6.45, 7) is 2.48. The fourth-order valence-electron chi connectivity index (χ4n) is 4.36. The lowest BCUT2D eigenvalue weighted by Crippen LogP contribution is -2.38. The first-order chi connectivity index (χ1) is 14.9. The van der Waals surface area contributed by atoms with Gasteiger partial charge in [0.05, 0.1) is 10.9 Å². The minimum atomic E-state index is -3.72. The molecular formula is C24H29FN2O3S. The molecule has 4 rings (SSSR count). The zero-order chi connectivity index (χ0) is 22.0. The summed E-state index contributed by atoms with van der Waals surface area (Å²) >= 11 is 0. The van der Waals surface area contributed by atoms with E-state index in [0.29, 0.717) is 19.4 Å². The van der Waals surface area contributed by atoms with Gasteiger partial charge in [0.1, 0.15) is 5.82 Å². The highest BCUT2D eigenvalue weighted by molar-refractivity contribution is 7.89. The van der Waals surface area contributed by atoms with Crippen LogP contribution in [0, 0.1) is 18.7 Å². The maximum Gasteiger partial charge on any atom is 0.243 e. The van der Waals surface area contributed by atoms with E-state index >= 15 is 0 Å². The Balaban J connectivity index is 1.54. The molecule has 1 saturated heterocycles. The molecule has 1 heterocycles. The molecule has 1 saturated carbocycles. The zero-order valence-electron chi connectivity index (χ0n) is 17.8. The maximum absolute atomic E-state index is 13.6. The van der Waals surface area contributed by atoms with Crippen LogP contribution in [-0.4, -0.2) is 31.2 Å². The molecule has 31 heavy (non-hydrogen) atoms. The normalized spacial score (nSPS) is 21.9. The Labute approximate surface area is 183 Å². The third-order valence-corrected chi connectivity index (χ3v) is 8.23. The van der Waals surface area contributed by atoms with Gasteiger partial charge in [-0.15, -0.1) is 0 Å². The van der Waals surface area contributed by atoms with Gasteiger partial charge >= 0.3 is 0 Å². The second-order valence-electron chi connectivity index (χ2n) is 8.65. The molecule has 1 aliphatic carbocycles. The second-order valence-corrected chi connectivity index (χ2v) is 10.5. The first-order valence-corrected chi connectivity index (χ1v) is 12.4. The lowest BCUT2D eigenvalue weighted by molar-refractivity contribution is -0.122. The highest BCUT2D eigenvalue weighted by Gasteiger charge is 2.42. The van der Waals surface area contributed by atoms with Gasteiger partial charge in [0.15, 0.2) is 0 Å². The molecule has 1 N–H and O–H groups in total. The number of rotatable bonds is 8. The summed E-state index contributed by atoms with van der Waals surface area (Å²) in [6.07, 6.45) is 4.76. The van der Waals surface area contributed by atoms with Gasteiger partial charge in [0.25, 0.3) is 0 Å². The van der Waals surface area contributed by atoms with Crippen molar-refractivity contribution in [2.24, 2.45) is 5.92 Å². The molecule has 1 amide bonds. The number of nitrogens with zero attached hydrogens (tertiary/aromatic N) is 1. The summed E-state index contributed by atoms with van der Waals surface area (Å²) in [4.78, 5) is 12.1. The van der Waals surface area contributed by atoms with Crippen molar-refractivity contribution in [1.82, 2.24) is 9.62 Å². The molecular weight excluding hydrogens is 415 g/mol. The minimum absolute atomic E-state index is 0.111. The number of aryl methyl sites for hydroxylation is 1. The molecule has 166 valence electrons. The van der Waals surface area contributed by atoms with Crippen molar-refractivity contribution in [3.63, 3.8) is 0 Å². The van der Waals surface area contributed by atoms with Gasteiger partial charge in [-0.05, 0) is 75.3 Å². The second kappa shape index (κ2) is 9.09. The van der Waals surface area contributed by atoms with Crippen molar-refractivity contribution in [1.29, 1.82) is 0 Å².